The SMILES string of the molecule is CNCCCNC(=O)NC1CCCC1C(=O)O. The van der Waals surface area contributed by atoms with Gasteiger partial charge >= 0.3 is 12.0 Å². The van der Waals surface area contributed by atoms with Crippen molar-refractivity contribution in [3.8, 4) is 0 Å². The van der Waals surface area contributed by atoms with Crippen LogP contribution in [-0.2, 0) is 4.79 Å². The molecule has 1 fully saturated rings. The quantitative estimate of drug-likeness (QED) is 0.500. The van der Waals surface area contributed by atoms with E-state index in [2.05, 4.69) is 16.0 Å². The minimum atomic E-state index is -0.817. The smallest absolute Gasteiger partial charge is 0.315 e. The highest BCUT2D eigenvalue weighted by molar-refractivity contribution is 5.76. The maximum Gasteiger partial charge on any atom is 0.315 e. The van der Waals surface area contributed by atoms with E-state index in [1.54, 1.807) is 0 Å². The van der Waals surface area contributed by atoms with Crippen LogP contribution in [0.2, 0.25) is 0 Å². The van der Waals surface area contributed by atoms with Crippen molar-refractivity contribution in [1.29, 1.82) is 0 Å². The third-order valence-corrected chi connectivity index (χ3v) is 3.04. The summed E-state index contributed by atoms with van der Waals surface area (Å²) < 4.78 is 0. The number of urea groups is 1. The van der Waals surface area contributed by atoms with E-state index in [0.29, 0.717) is 13.0 Å². The van der Waals surface area contributed by atoms with Crippen molar-refractivity contribution in [2.75, 3.05) is 20.1 Å². The van der Waals surface area contributed by atoms with Crippen LogP contribution >= 0.6 is 0 Å². The molecular weight excluding hydrogens is 222 g/mol. The van der Waals surface area contributed by atoms with Crippen molar-refractivity contribution in [1.82, 2.24) is 16.0 Å². The molecule has 1 saturated carbocycles. The zero-order valence-corrected chi connectivity index (χ0v) is 10.2. The Kier molecular flexibility index (Phi) is 5.76. The van der Waals surface area contributed by atoms with Crippen LogP contribution in [0.25, 0.3) is 0 Å². The first kappa shape index (κ1) is 13.8. The Labute approximate surface area is 101 Å². The average Bonchev–Trinajstić information content (AvgIpc) is 2.72. The first-order valence-electron chi connectivity index (χ1n) is 6.07. The van der Waals surface area contributed by atoms with Gasteiger partial charge in [-0.1, -0.05) is 6.42 Å². The minimum absolute atomic E-state index is 0.225. The lowest BCUT2D eigenvalue weighted by atomic mass is 10.0. The summed E-state index contributed by atoms with van der Waals surface area (Å²) in [5, 5.41) is 17.4. The van der Waals surface area contributed by atoms with Gasteiger partial charge in [0.2, 0.25) is 0 Å². The first-order chi connectivity index (χ1) is 8.15. The molecule has 98 valence electrons. The molecule has 0 spiro atoms. The van der Waals surface area contributed by atoms with Crippen LogP contribution < -0.4 is 16.0 Å². The maximum atomic E-state index is 11.5. The molecule has 6 nitrogen and oxygen atoms in total. The Morgan fingerprint density at radius 1 is 1.29 bits per heavy atom. The molecule has 0 heterocycles. The molecule has 0 aromatic heterocycles. The van der Waals surface area contributed by atoms with E-state index in [-0.39, 0.29) is 12.1 Å². The molecule has 2 unspecified atom stereocenters. The molecule has 2 atom stereocenters. The summed E-state index contributed by atoms with van der Waals surface area (Å²) in [5.41, 5.74) is 0. The van der Waals surface area contributed by atoms with Crippen LogP contribution in [-0.4, -0.2) is 43.3 Å². The van der Waals surface area contributed by atoms with Crippen molar-refractivity contribution in [3.05, 3.63) is 0 Å². The number of carboxylic acids is 1. The molecule has 0 aromatic carbocycles. The Hall–Kier alpha value is -1.30. The van der Waals surface area contributed by atoms with Gasteiger partial charge < -0.3 is 21.1 Å². The molecule has 4 N–H and O–H groups in total. The summed E-state index contributed by atoms with van der Waals surface area (Å²) in [4.78, 5) is 22.4. The molecule has 1 aliphatic carbocycles. The summed E-state index contributed by atoms with van der Waals surface area (Å²) in [6, 6.07) is -0.490. The van der Waals surface area contributed by atoms with Crippen LogP contribution in [0.1, 0.15) is 25.7 Å². The summed E-state index contributed by atoms with van der Waals surface area (Å²) in [6.45, 7) is 1.44. The Morgan fingerprint density at radius 3 is 2.71 bits per heavy atom. The van der Waals surface area contributed by atoms with E-state index in [0.717, 1.165) is 25.8 Å². The van der Waals surface area contributed by atoms with Crippen LogP contribution in [0.3, 0.4) is 0 Å². The predicted octanol–water partition coefficient (Wildman–Crippen LogP) is 0.148. The molecule has 0 aliphatic heterocycles. The molecule has 6 heteroatoms. The third-order valence-electron chi connectivity index (χ3n) is 3.04. The van der Waals surface area contributed by atoms with Crippen molar-refractivity contribution in [2.24, 2.45) is 5.92 Å². The Balaban J connectivity index is 2.23. The van der Waals surface area contributed by atoms with E-state index in [9.17, 15) is 9.59 Å². The molecule has 2 amide bonds. The normalized spacial score (nSPS) is 23.4. The molecule has 0 aromatic rings. The number of hydrogen-bond donors (Lipinski definition) is 4. The fraction of sp³-hybridized carbons (Fsp3) is 0.818. The second kappa shape index (κ2) is 7.11. The first-order valence-corrected chi connectivity index (χ1v) is 6.07. The third kappa shape index (κ3) is 4.60. The minimum Gasteiger partial charge on any atom is -0.481 e. The van der Waals surface area contributed by atoms with Gasteiger partial charge in [-0.3, -0.25) is 4.79 Å². The van der Waals surface area contributed by atoms with Crippen LogP contribution in [0.5, 0.6) is 0 Å². The van der Waals surface area contributed by atoms with E-state index in [1.807, 2.05) is 7.05 Å². The number of carbonyl (C=O) groups is 2. The maximum absolute atomic E-state index is 11.5. The highest BCUT2D eigenvalue weighted by atomic mass is 16.4. The summed E-state index contributed by atoms with van der Waals surface area (Å²) in [5.74, 6) is -1.25. The van der Waals surface area contributed by atoms with Gasteiger partial charge in [0.1, 0.15) is 0 Å². The van der Waals surface area contributed by atoms with Crippen LogP contribution in [0.15, 0.2) is 0 Å². The highest BCUT2D eigenvalue weighted by Gasteiger charge is 2.33. The second-order valence-corrected chi connectivity index (χ2v) is 4.34. The molecule has 0 saturated heterocycles. The largest absolute Gasteiger partial charge is 0.481 e. The highest BCUT2D eigenvalue weighted by Crippen LogP contribution is 2.25. The lowest BCUT2D eigenvalue weighted by molar-refractivity contribution is -0.142. The van der Waals surface area contributed by atoms with Crippen molar-refractivity contribution in [2.45, 2.75) is 31.7 Å². The number of rotatable bonds is 6. The fourth-order valence-electron chi connectivity index (χ4n) is 2.11. The number of amides is 2. The van der Waals surface area contributed by atoms with E-state index in [1.165, 1.54) is 0 Å². The van der Waals surface area contributed by atoms with Crippen LogP contribution in [0, 0.1) is 5.92 Å². The Morgan fingerprint density at radius 2 is 2.06 bits per heavy atom. The average molecular weight is 243 g/mol. The molecular formula is C11H21N3O3. The van der Waals surface area contributed by atoms with Gasteiger partial charge in [0.15, 0.2) is 0 Å². The zero-order valence-electron chi connectivity index (χ0n) is 10.2. The second-order valence-electron chi connectivity index (χ2n) is 4.34. The van der Waals surface area contributed by atoms with E-state index >= 15 is 0 Å². The topological polar surface area (TPSA) is 90.5 Å². The molecule has 17 heavy (non-hydrogen) atoms. The van der Waals surface area contributed by atoms with Gasteiger partial charge in [-0.2, -0.15) is 0 Å². The lowest BCUT2D eigenvalue weighted by Crippen LogP contribution is -2.45. The van der Waals surface area contributed by atoms with Crippen molar-refractivity contribution < 1.29 is 14.7 Å². The van der Waals surface area contributed by atoms with Crippen molar-refractivity contribution in [3.63, 3.8) is 0 Å². The van der Waals surface area contributed by atoms with Gasteiger partial charge in [0.05, 0.1) is 5.92 Å². The number of aliphatic carboxylic acids is 1. The summed E-state index contributed by atoms with van der Waals surface area (Å²) in [6.07, 6.45) is 3.12. The number of hydrogen-bond acceptors (Lipinski definition) is 3. The molecule has 1 rings (SSSR count). The predicted molar refractivity (Wildman–Crippen MR) is 63.8 cm³/mol. The van der Waals surface area contributed by atoms with E-state index in [4.69, 9.17) is 5.11 Å². The number of nitrogens with one attached hydrogen (secondary N) is 3. The van der Waals surface area contributed by atoms with Gasteiger partial charge in [-0.25, -0.2) is 4.79 Å². The van der Waals surface area contributed by atoms with Gasteiger partial charge in [-0.15, -0.1) is 0 Å². The number of carboxylic acid groups (broad SMARTS) is 1. The Bertz CT molecular complexity index is 271. The van der Waals surface area contributed by atoms with Crippen molar-refractivity contribution >= 4 is 12.0 Å². The molecule has 0 bridgehead atoms. The monoisotopic (exact) mass is 243 g/mol. The standard InChI is InChI=1S/C11H21N3O3/c1-12-6-3-7-13-11(17)14-9-5-2-4-8(9)10(15)16/h8-9,12H,2-7H2,1H3,(H,15,16)(H2,13,14,17). The number of carbonyl (C=O) groups excluding carboxylic acids is 1. The van der Waals surface area contributed by atoms with Crippen LogP contribution in [0.4, 0.5) is 4.79 Å². The van der Waals surface area contributed by atoms with Gasteiger partial charge in [0, 0.05) is 12.6 Å². The lowest BCUT2D eigenvalue weighted by Gasteiger charge is -2.17. The summed E-state index contributed by atoms with van der Waals surface area (Å²) >= 11 is 0. The van der Waals surface area contributed by atoms with Gasteiger partial charge in [0.25, 0.3) is 0 Å². The fourth-order valence-corrected chi connectivity index (χ4v) is 2.11. The zero-order chi connectivity index (χ0) is 12.7. The molecule has 0 radical (unpaired) electrons. The van der Waals surface area contributed by atoms with E-state index < -0.39 is 11.9 Å². The van der Waals surface area contributed by atoms with Gasteiger partial charge in [-0.05, 0) is 32.9 Å². The molecule has 1 aliphatic rings. The summed E-state index contributed by atoms with van der Waals surface area (Å²) in [7, 11) is 1.86.